The van der Waals surface area contributed by atoms with Gasteiger partial charge in [0.05, 0.1) is 11.7 Å². The second kappa shape index (κ2) is 6.57. The average molecular weight is 269 g/mol. The molecule has 5 heteroatoms. The van der Waals surface area contributed by atoms with Crippen LogP contribution in [0.4, 0.5) is 0 Å². The van der Waals surface area contributed by atoms with E-state index in [1.807, 2.05) is 18.8 Å². The molecule has 0 spiro atoms. The van der Waals surface area contributed by atoms with Crippen LogP contribution in [0.15, 0.2) is 4.52 Å². The summed E-state index contributed by atoms with van der Waals surface area (Å²) in [5.74, 6) is 2.73. The third kappa shape index (κ3) is 3.48. The second-order valence-electron chi connectivity index (χ2n) is 5.13. The van der Waals surface area contributed by atoms with Crippen molar-refractivity contribution < 1.29 is 4.52 Å². The number of likely N-dealkylation sites (N-methyl/N-ethyl adjacent to an activating group) is 1. The van der Waals surface area contributed by atoms with Crippen molar-refractivity contribution in [1.29, 1.82) is 0 Å². The van der Waals surface area contributed by atoms with Crippen LogP contribution in [0.5, 0.6) is 0 Å². The van der Waals surface area contributed by atoms with Crippen LogP contribution in [0, 0.1) is 0 Å². The molecule has 4 nitrogen and oxygen atoms in total. The Hall–Kier alpha value is -0.550. The minimum Gasteiger partial charge on any atom is -0.339 e. The summed E-state index contributed by atoms with van der Waals surface area (Å²) < 4.78 is 5.35. The molecule has 1 heterocycles. The van der Waals surface area contributed by atoms with Gasteiger partial charge in [0.1, 0.15) is 0 Å². The number of nitrogens with zero attached hydrogens (tertiary/aromatic N) is 2. The first-order chi connectivity index (χ1) is 8.70. The van der Waals surface area contributed by atoms with Gasteiger partial charge < -0.3 is 9.84 Å². The summed E-state index contributed by atoms with van der Waals surface area (Å²) in [7, 11) is 1.95. The topological polar surface area (TPSA) is 51.0 Å². The highest BCUT2D eigenvalue weighted by molar-refractivity contribution is 7.99. The molecule has 1 aromatic rings. The van der Waals surface area contributed by atoms with E-state index < -0.39 is 0 Å². The average Bonchev–Trinajstić information content (AvgIpc) is 3.05. The van der Waals surface area contributed by atoms with Crippen LogP contribution in [0.3, 0.4) is 0 Å². The van der Waals surface area contributed by atoms with Gasteiger partial charge in [0.25, 0.3) is 0 Å². The molecule has 1 saturated carbocycles. The van der Waals surface area contributed by atoms with Crippen molar-refractivity contribution in [3.8, 4) is 0 Å². The maximum Gasteiger partial charge on any atom is 0.231 e. The van der Waals surface area contributed by atoms with Crippen LogP contribution in [0.2, 0.25) is 0 Å². The number of aromatic nitrogens is 2. The van der Waals surface area contributed by atoms with Gasteiger partial charge in [-0.05, 0) is 26.8 Å². The summed E-state index contributed by atoms with van der Waals surface area (Å²) in [6.07, 6.45) is 5.46. The molecular weight excluding hydrogens is 246 g/mol. The van der Waals surface area contributed by atoms with E-state index in [4.69, 9.17) is 4.52 Å². The molecule has 0 bridgehead atoms. The molecule has 1 fully saturated rings. The molecule has 0 aromatic carbocycles. The largest absolute Gasteiger partial charge is 0.339 e. The van der Waals surface area contributed by atoms with E-state index >= 15 is 0 Å². The molecule has 2 unspecified atom stereocenters. The van der Waals surface area contributed by atoms with Crippen LogP contribution in [-0.4, -0.2) is 28.5 Å². The van der Waals surface area contributed by atoms with Crippen LogP contribution in [-0.2, 0) is 5.75 Å². The number of hydrogen-bond acceptors (Lipinski definition) is 5. The van der Waals surface area contributed by atoms with Gasteiger partial charge in [-0.1, -0.05) is 24.9 Å². The minimum atomic E-state index is 0.257. The molecule has 1 aliphatic carbocycles. The second-order valence-corrected chi connectivity index (χ2v) is 6.42. The lowest BCUT2D eigenvalue weighted by Gasteiger charge is -2.14. The molecule has 1 aromatic heterocycles. The lowest BCUT2D eigenvalue weighted by atomic mass is 10.0. The normalized spacial score (nSPS) is 20.2. The lowest BCUT2D eigenvalue weighted by molar-refractivity contribution is 0.334. The highest BCUT2D eigenvalue weighted by Gasteiger charge is 2.20. The first kappa shape index (κ1) is 13.9. The first-order valence-electron chi connectivity index (χ1n) is 6.82. The van der Waals surface area contributed by atoms with Crippen molar-refractivity contribution in [3.05, 3.63) is 11.7 Å². The highest BCUT2D eigenvalue weighted by Crippen LogP contribution is 2.31. The number of rotatable bonds is 6. The van der Waals surface area contributed by atoms with Crippen molar-refractivity contribution in [2.75, 3.05) is 7.05 Å². The fourth-order valence-electron chi connectivity index (χ4n) is 2.22. The molecule has 0 aliphatic heterocycles. The van der Waals surface area contributed by atoms with E-state index in [1.165, 1.54) is 25.7 Å². The molecule has 0 radical (unpaired) electrons. The molecule has 1 aliphatic rings. The molecular formula is C13H23N3OS. The van der Waals surface area contributed by atoms with Gasteiger partial charge in [0, 0.05) is 11.3 Å². The summed E-state index contributed by atoms with van der Waals surface area (Å²) in [5, 5.41) is 8.10. The van der Waals surface area contributed by atoms with E-state index in [0.717, 1.165) is 22.7 Å². The first-order valence-corrected chi connectivity index (χ1v) is 7.87. The fraction of sp³-hybridized carbons (Fsp3) is 0.846. The lowest BCUT2D eigenvalue weighted by Crippen LogP contribution is -2.27. The maximum atomic E-state index is 5.35. The van der Waals surface area contributed by atoms with Crippen molar-refractivity contribution in [1.82, 2.24) is 15.5 Å². The Morgan fingerprint density at radius 1 is 1.39 bits per heavy atom. The van der Waals surface area contributed by atoms with Crippen molar-refractivity contribution in [3.63, 3.8) is 0 Å². The minimum absolute atomic E-state index is 0.257. The van der Waals surface area contributed by atoms with Crippen LogP contribution < -0.4 is 5.32 Å². The summed E-state index contributed by atoms with van der Waals surface area (Å²) in [5.41, 5.74) is 0. The third-order valence-electron chi connectivity index (χ3n) is 3.83. The Balaban J connectivity index is 1.85. The molecule has 0 amide bonds. The van der Waals surface area contributed by atoms with Crippen molar-refractivity contribution in [2.24, 2.45) is 0 Å². The SMILES string of the molecule is CNC(C)C(C)c1nc(CSC2CCCC2)no1. The van der Waals surface area contributed by atoms with E-state index in [-0.39, 0.29) is 5.92 Å². The van der Waals surface area contributed by atoms with Gasteiger partial charge in [-0.3, -0.25) is 0 Å². The van der Waals surface area contributed by atoms with E-state index in [2.05, 4.69) is 29.3 Å². The Morgan fingerprint density at radius 2 is 2.11 bits per heavy atom. The number of thioether (sulfide) groups is 1. The fourth-order valence-corrected chi connectivity index (χ4v) is 3.39. The van der Waals surface area contributed by atoms with E-state index in [1.54, 1.807) is 0 Å². The molecule has 0 saturated heterocycles. The van der Waals surface area contributed by atoms with Crippen molar-refractivity contribution in [2.45, 2.75) is 62.5 Å². The maximum absolute atomic E-state index is 5.35. The number of hydrogen-bond donors (Lipinski definition) is 1. The predicted molar refractivity (Wildman–Crippen MR) is 74.8 cm³/mol. The summed E-state index contributed by atoms with van der Waals surface area (Å²) in [6, 6.07) is 0.348. The monoisotopic (exact) mass is 269 g/mol. The number of nitrogens with one attached hydrogen (secondary N) is 1. The van der Waals surface area contributed by atoms with Crippen molar-refractivity contribution >= 4 is 11.8 Å². The third-order valence-corrected chi connectivity index (χ3v) is 5.20. The quantitative estimate of drug-likeness (QED) is 0.860. The molecule has 102 valence electrons. The molecule has 18 heavy (non-hydrogen) atoms. The summed E-state index contributed by atoms with van der Waals surface area (Å²) in [6.45, 7) is 4.24. The zero-order chi connectivity index (χ0) is 13.0. The molecule has 2 rings (SSSR count). The van der Waals surface area contributed by atoms with Gasteiger partial charge in [0.2, 0.25) is 5.89 Å². The Labute approximate surface area is 113 Å². The Bertz CT molecular complexity index is 363. The molecule has 1 N–H and O–H groups in total. The van der Waals surface area contributed by atoms with E-state index in [0.29, 0.717) is 6.04 Å². The molecule has 2 atom stereocenters. The van der Waals surface area contributed by atoms with Gasteiger partial charge in [0.15, 0.2) is 5.82 Å². The smallest absolute Gasteiger partial charge is 0.231 e. The van der Waals surface area contributed by atoms with Crippen LogP contribution >= 0.6 is 11.8 Å². The standard InChI is InChI=1S/C13H23N3OS/c1-9(10(2)14-3)13-15-12(16-17-13)8-18-11-6-4-5-7-11/h9-11,14H,4-8H2,1-3H3. The Kier molecular flexibility index (Phi) is 5.06. The van der Waals surface area contributed by atoms with Gasteiger partial charge in [-0.2, -0.15) is 16.7 Å². The zero-order valence-corrected chi connectivity index (χ0v) is 12.3. The van der Waals surface area contributed by atoms with E-state index in [9.17, 15) is 0 Å². The predicted octanol–water partition coefficient (Wildman–Crippen LogP) is 2.96. The highest BCUT2D eigenvalue weighted by atomic mass is 32.2. The summed E-state index contributed by atoms with van der Waals surface area (Å²) in [4.78, 5) is 4.50. The van der Waals surface area contributed by atoms with Crippen LogP contribution in [0.25, 0.3) is 0 Å². The van der Waals surface area contributed by atoms with Gasteiger partial charge in [-0.15, -0.1) is 0 Å². The van der Waals surface area contributed by atoms with Crippen LogP contribution in [0.1, 0.15) is 57.2 Å². The van der Waals surface area contributed by atoms with Gasteiger partial charge >= 0.3 is 0 Å². The Morgan fingerprint density at radius 3 is 2.78 bits per heavy atom. The van der Waals surface area contributed by atoms with Gasteiger partial charge in [-0.25, -0.2) is 0 Å². The summed E-state index contributed by atoms with van der Waals surface area (Å²) >= 11 is 1.98. The zero-order valence-electron chi connectivity index (χ0n) is 11.5.